The van der Waals surface area contributed by atoms with Crippen LogP contribution in [0, 0.1) is 0 Å². The van der Waals surface area contributed by atoms with Gasteiger partial charge in [-0.1, -0.05) is 0 Å². The first kappa shape index (κ1) is 15.6. The summed E-state index contributed by atoms with van der Waals surface area (Å²) >= 11 is 0. The zero-order chi connectivity index (χ0) is 15.7. The van der Waals surface area contributed by atoms with Crippen LogP contribution in [0.15, 0.2) is 22.8 Å². The van der Waals surface area contributed by atoms with Gasteiger partial charge in [0.15, 0.2) is 0 Å². The molecule has 1 amide bonds. The second-order valence-electron chi connectivity index (χ2n) is 6.06. The van der Waals surface area contributed by atoms with Gasteiger partial charge in [0.25, 0.3) is 0 Å². The van der Waals surface area contributed by atoms with Crippen molar-refractivity contribution in [2.24, 2.45) is 0 Å². The Labute approximate surface area is 131 Å². The largest absolute Gasteiger partial charge is 0.468 e. The molecule has 0 radical (unpaired) electrons. The Bertz CT molecular complexity index is 626. The molecule has 0 aromatic carbocycles. The van der Waals surface area contributed by atoms with Crippen molar-refractivity contribution in [3.63, 3.8) is 0 Å². The highest BCUT2D eigenvalue weighted by Gasteiger charge is 2.42. The molecule has 1 aromatic rings. The Hall–Kier alpha value is -1.34. The SMILES string of the molecule is CC(=O)N1CCCC(S(=O)(=O)N2CCCC2c2ccco2)C1. The minimum atomic E-state index is -3.42. The number of furan rings is 1. The van der Waals surface area contributed by atoms with E-state index < -0.39 is 15.3 Å². The molecular weight excluding hydrogens is 304 g/mol. The van der Waals surface area contributed by atoms with Crippen molar-refractivity contribution < 1.29 is 17.6 Å². The van der Waals surface area contributed by atoms with Crippen molar-refractivity contribution in [3.8, 4) is 0 Å². The molecule has 7 heteroatoms. The molecule has 3 rings (SSSR count). The van der Waals surface area contributed by atoms with Crippen LogP contribution >= 0.6 is 0 Å². The van der Waals surface area contributed by atoms with Crippen molar-refractivity contribution >= 4 is 15.9 Å². The van der Waals surface area contributed by atoms with Crippen molar-refractivity contribution in [2.45, 2.75) is 43.9 Å². The van der Waals surface area contributed by atoms with Crippen LogP contribution in [0.5, 0.6) is 0 Å². The molecule has 2 atom stereocenters. The molecule has 2 aliphatic heterocycles. The van der Waals surface area contributed by atoms with Crippen LogP contribution in [0.3, 0.4) is 0 Å². The second kappa shape index (κ2) is 6.04. The first-order chi connectivity index (χ1) is 10.5. The molecule has 6 nitrogen and oxygen atoms in total. The van der Waals surface area contributed by atoms with Crippen LogP contribution in [-0.4, -0.2) is 48.4 Å². The molecule has 3 heterocycles. The summed E-state index contributed by atoms with van der Waals surface area (Å²) in [5.41, 5.74) is 0. The van der Waals surface area contributed by atoms with Crippen LogP contribution in [-0.2, 0) is 14.8 Å². The molecule has 0 saturated carbocycles. The quantitative estimate of drug-likeness (QED) is 0.848. The Kier molecular flexibility index (Phi) is 4.27. The third kappa shape index (κ3) is 2.79. The lowest BCUT2D eigenvalue weighted by atomic mass is 10.1. The summed E-state index contributed by atoms with van der Waals surface area (Å²) in [5.74, 6) is 0.657. The first-order valence-electron chi connectivity index (χ1n) is 7.79. The normalized spacial score (nSPS) is 27.2. The lowest BCUT2D eigenvalue weighted by molar-refractivity contribution is -0.129. The van der Waals surface area contributed by atoms with Crippen molar-refractivity contribution in [2.75, 3.05) is 19.6 Å². The lowest BCUT2D eigenvalue weighted by Crippen LogP contribution is -2.48. The number of likely N-dealkylation sites (tertiary alicyclic amines) is 1. The average molecular weight is 326 g/mol. The molecule has 1 aromatic heterocycles. The van der Waals surface area contributed by atoms with Gasteiger partial charge in [0, 0.05) is 26.6 Å². The van der Waals surface area contributed by atoms with E-state index in [1.165, 1.54) is 6.92 Å². The van der Waals surface area contributed by atoms with Crippen LogP contribution < -0.4 is 0 Å². The number of sulfonamides is 1. The number of amides is 1. The third-order valence-corrected chi connectivity index (χ3v) is 6.96. The predicted molar refractivity (Wildman–Crippen MR) is 81.6 cm³/mol. The fourth-order valence-corrected chi connectivity index (χ4v) is 5.63. The zero-order valence-corrected chi connectivity index (χ0v) is 13.6. The van der Waals surface area contributed by atoms with Crippen molar-refractivity contribution in [1.29, 1.82) is 0 Å². The summed E-state index contributed by atoms with van der Waals surface area (Å²) in [6, 6.07) is 3.42. The lowest BCUT2D eigenvalue weighted by Gasteiger charge is -2.35. The smallest absolute Gasteiger partial charge is 0.219 e. The number of hydrogen-bond donors (Lipinski definition) is 0. The van der Waals surface area contributed by atoms with E-state index in [1.807, 2.05) is 6.07 Å². The monoisotopic (exact) mass is 326 g/mol. The highest BCUT2D eigenvalue weighted by Crippen LogP contribution is 2.36. The summed E-state index contributed by atoms with van der Waals surface area (Å²) in [7, 11) is -3.42. The van der Waals surface area contributed by atoms with E-state index in [4.69, 9.17) is 4.42 Å². The molecule has 122 valence electrons. The Balaban J connectivity index is 1.81. The van der Waals surface area contributed by atoms with Gasteiger partial charge in [-0.25, -0.2) is 8.42 Å². The number of hydrogen-bond acceptors (Lipinski definition) is 4. The average Bonchev–Trinajstić information content (AvgIpc) is 3.18. The summed E-state index contributed by atoms with van der Waals surface area (Å²) < 4.78 is 33.0. The van der Waals surface area contributed by atoms with Gasteiger partial charge >= 0.3 is 0 Å². The molecule has 0 N–H and O–H groups in total. The number of carbonyl (C=O) groups excluding carboxylic acids is 1. The van der Waals surface area contributed by atoms with Gasteiger partial charge in [0.2, 0.25) is 15.9 Å². The van der Waals surface area contributed by atoms with Gasteiger partial charge in [0.05, 0.1) is 17.6 Å². The van der Waals surface area contributed by atoms with Gasteiger partial charge < -0.3 is 9.32 Å². The molecule has 22 heavy (non-hydrogen) atoms. The van der Waals surface area contributed by atoms with E-state index in [1.54, 1.807) is 21.5 Å². The minimum Gasteiger partial charge on any atom is -0.468 e. The van der Waals surface area contributed by atoms with E-state index in [2.05, 4.69) is 0 Å². The van der Waals surface area contributed by atoms with Gasteiger partial charge in [-0.15, -0.1) is 0 Å². The summed E-state index contributed by atoms with van der Waals surface area (Å²) in [4.78, 5) is 13.2. The summed E-state index contributed by atoms with van der Waals surface area (Å²) in [6.07, 6.45) is 4.57. The molecule has 2 aliphatic rings. The maximum atomic E-state index is 13.0. The Morgan fingerprint density at radius 3 is 2.73 bits per heavy atom. The van der Waals surface area contributed by atoms with Crippen LogP contribution in [0.25, 0.3) is 0 Å². The number of piperidine rings is 1. The standard InChI is InChI=1S/C15H22N2O4S/c1-12(18)16-8-2-5-13(11-16)22(19,20)17-9-3-6-14(17)15-7-4-10-21-15/h4,7,10,13-14H,2-3,5-6,8-9,11H2,1H3. The number of rotatable bonds is 3. The topological polar surface area (TPSA) is 70.8 Å². The second-order valence-corrected chi connectivity index (χ2v) is 8.22. The molecule has 0 spiro atoms. The maximum Gasteiger partial charge on any atom is 0.219 e. The zero-order valence-electron chi connectivity index (χ0n) is 12.8. The Morgan fingerprint density at radius 1 is 1.27 bits per heavy atom. The van der Waals surface area contributed by atoms with E-state index in [-0.39, 0.29) is 11.9 Å². The van der Waals surface area contributed by atoms with Crippen LogP contribution in [0.2, 0.25) is 0 Å². The van der Waals surface area contributed by atoms with E-state index in [0.29, 0.717) is 31.8 Å². The maximum absolute atomic E-state index is 13.0. The molecular formula is C15H22N2O4S. The summed E-state index contributed by atoms with van der Waals surface area (Å²) in [5, 5.41) is -0.499. The highest BCUT2D eigenvalue weighted by molar-refractivity contribution is 7.89. The number of nitrogens with zero attached hydrogens (tertiary/aromatic N) is 2. The molecule has 2 fully saturated rings. The number of carbonyl (C=O) groups is 1. The van der Waals surface area contributed by atoms with E-state index >= 15 is 0 Å². The highest BCUT2D eigenvalue weighted by atomic mass is 32.2. The van der Waals surface area contributed by atoms with E-state index in [9.17, 15) is 13.2 Å². The predicted octanol–water partition coefficient (Wildman–Crippen LogP) is 1.76. The first-order valence-corrected chi connectivity index (χ1v) is 9.30. The van der Waals surface area contributed by atoms with Gasteiger partial charge in [0.1, 0.15) is 5.76 Å². The summed E-state index contributed by atoms with van der Waals surface area (Å²) in [6.45, 7) is 2.99. The third-order valence-electron chi connectivity index (χ3n) is 4.65. The van der Waals surface area contributed by atoms with Crippen LogP contribution in [0.1, 0.15) is 44.4 Å². The fraction of sp³-hybridized carbons (Fsp3) is 0.667. The molecule has 0 bridgehead atoms. The van der Waals surface area contributed by atoms with E-state index in [0.717, 1.165) is 19.3 Å². The molecule has 2 saturated heterocycles. The molecule has 2 unspecified atom stereocenters. The fourth-order valence-electron chi connectivity index (χ4n) is 3.47. The van der Waals surface area contributed by atoms with Crippen LogP contribution in [0.4, 0.5) is 0 Å². The van der Waals surface area contributed by atoms with Gasteiger partial charge in [-0.2, -0.15) is 4.31 Å². The van der Waals surface area contributed by atoms with Gasteiger partial charge in [-0.05, 0) is 37.8 Å². The minimum absolute atomic E-state index is 0.0519. The Morgan fingerprint density at radius 2 is 2.05 bits per heavy atom. The van der Waals surface area contributed by atoms with Gasteiger partial charge in [-0.3, -0.25) is 4.79 Å². The van der Waals surface area contributed by atoms with Crippen molar-refractivity contribution in [1.82, 2.24) is 9.21 Å². The van der Waals surface area contributed by atoms with Crippen molar-refractivity contribution in [3.05, 3.63) is 24.2 Å². The molecule has 0 aliphatic carbocycles.